The lowest BCUT2D eigenvalue weighted by Crippen LogP contribution is -2.36. The van der Waals surface area contributed by atoms with Gasteiger partial charge < -0.3 is 14.8 Å². The summed E-state index contributed by atoms with van der Waals surface area (Å²) in [5, 5.41) is 0. The number of likely N-dealkylation sites (tertiary alicyclic amines) is 2. The quantitative estimate of drug-likeness (QED) is 0.729. The van der Waals surface area contributed by atoms with Crippen molar-refractivity contribution in [2.24, 2.45) is 11.8 Å². The number of hydrogen-bond acceptors (Lipinski definition) is 3. The molecule has 0 unspecified atom stereocenters. The fourth-order valence-corrected chi connectivity index (χ4v) is 4.90. The Morgan fingerprint density at radius 1 is 1.14 bits per heavy atom. The summed E-state index contributed by atoms with van der Waals surface area (Å²) in [6.07, 6.45) is 1.61. The Morgan fingerprint density at radius 2 is 2.00 bits per heavy atom. The van der Waals surface area contributed by atoms with Gasteiger partial charge in [-0.2, -0.15) is 0 Å². The van der Waals surface area contributed by atoms with Crippen molar-refractivity contribution in [3.63, 3.8) is 0 Å². The number of nitrogens with one attached hydrogen (secondary N) is 1. The summed E-state index contributed by atoms with van der Waals surface area (Å²) in [6, 6.07) is 11.7. The van der Waals surface area contributed by atoms with Crippen molar-refractivity contribution in [2.75, 3.05) is 19.6 Å². The molecule has 2 saturated heterocycles. The van der Waals surface area contributed by atoms with Crippen molar-refractivity contribution in [3.8, 4) is 0 Å². The molecule has 0 spiro atoms. The molecule has 2 aliphatic rings. The number of carbonyl (C=O) groups excluding carboxylic acids is 2. The van der Waals surface area contributed by atoms with Crippen LogP contribution in [0.15, 0.2) is 48.8 Å². The monoisotopic (exact) mass is 392 g/mol. The van der Waals surface area contributed by atoms with Crippen LogP contribution >= 0.6 is 0 Å². The number of H-pyrrole nitrogens is 1. The number of fused-ring (bicyclic) bond motifs is 2. The van der Waals surface area contributed by atoms with Crippen LogP contribution in [0.4, 0.5) is 4.39 Å². The summed E-state index contributed by atoms with van der Waals surface area (Å²) in [5.41, 5.74) is 3.06. The lowest BCUT2D eigenvalue weighted by molar-refractivity contribution is -0.130. The van der Waals surface area contributed by atoms with Crippen molar-refractivity contribution in [3.05, 3.63) is 65.7 Å². The molecule has 1 aromatic heterocycles. The van der Waals surface area contributed by atoms with Crippen molar-refractivity contribution in [1.29, 1.82) is 0 Å². The van der Waals surface area contributed by atoms with Crippen LogP contribution in [0.3, 0.4) is 0 Å². The van der Waals surface area contributed by atoms with Gasteiger partial charge in [0.2, 0.25) is 5.91 Å². The van der Waals surface area contributed by atoms with E-state index in [1.54, 1.807) is 25.4 Å². The molecule has 2 fully saturated rings. The number of aromatic amines is 1. The zero-order valence-electron chi connectivity index (χ0n) is 16.0. The minimum atomic E-state index is -0.312. The van der Waals surface area contributed by atoms with Crippen molar-refractivity contribution < 1.29 is 14.0 Å². The molecule has 0 aliphatic carbocycles. The maximum atomic E-state index is 13.8. The zero-order chi connectivity index (χ0) is 20.1. The van der Waals surface area contributed by atoms with Crippen LogP contribution in [0.2, 0.25) is 0 Å². The van der Waals surface area contributed by atoms with Gasteiger partial charge in [0, 0.05) is 44.0 Å². The van der Waals surface area contributed by atoms with Crippen molar-refractivity contribution >= 4 is 22.8 Å². The molecule has 7 heteroatoms. The average Bonchev–Trinajstić information content (AvgIpc) is 3.40. The Morgan fingerprint density at radius 3 is 2.79 bits per heavy atom. The summed E-state index contributed by atoms with van der Waals surface area (Å²) in [5.74, 6) is -0.0692. The van der Waals surface area contributed by atoms with Crippen LogP contribution in [-0.2, 0) is 4.79 Å². The molecule has 6 nitrogen and oxygen atoms in total. The molecule has 29 heavy (non-hydrogen) atoms. The number of amides is 2. The number of aromatic nitrogens is 2. The molecule has 2 aromatic carbocycles. The molecule has 2 aliphatic heterocycles. The highest BCUT2D eigenvalue weighted by molar-refractivity contribution is 5.97. The molecule has 1 N–H and O–H groups in total. The van der Waals surface area contributed by atoms with E-state index in [4.69, 9.17) is 0 Å². The molecule has 5 rings (SSSR count). The van der Waals surface area contributed by atoms with Crippen LogP contribution in [-0.4, -0.2) is 51.2 Å². The lowest BCUT2D eigenvalue weighted by atomic mass is 9.89. The minimum absolute atomic E-state index is 0.0174. The predicted octanol–water partition coefficient (Wildman–Crippen LogP) is 2.99. The topological polar surface area (TPSA) is 69.3 Å². The highest BCUT2D eigenvalue weighted by Crippen LogP contribution is 2.45. The van der Waals surface area contributed by atoms with Crippen LogP contribution in [0.1, 0.15) is 28.9 Å². The average molecular weight is 392 g/mol. The second-order valence-electron chi connectivity index (χ2n) is 7.94. The van der Waals surface area contributed by atoms with E-state index in [0.29, 0.717) is 25.2 Å². The Hall–Kier alpha value is -3.22. The standard InChI is InChI=1S/C22H21FN4O2/c1-13(28)27-10-16-9-26(11-18(16)21(27)14-3-2-4-17(23)7-14)22(29)15-5-6-19-20(8-15)25-12-24-19/h2-8,12,16,18,21H,9-11H2,1H3,(H,24,25)/t16-,18-,21-/m1/s1. The van der Waals surface area contributed by atoms with Gasteiger partial charge in [-0.1, -0.05) is 12.1 Å². The first kappa shape index (κ1) is 17.8. The van der Waals surface area contributed by atoms with Gasteiger partial charge in [-0.3, -0.25) is 9.59 Å². The Balaban J connectivity index is 1.42. The van der Waals surface area contributed by atoms with Gasteiger partial charge in [0.15, 0.2) is 0 Å². The number of rotatable bonds is 2. The molecule has 0 radical (unpaired) electrons. The second-order valence-corrected chi connectivity index (χ2v) is 7.94. The van der Waals surface area contributed by atoms with Crippen LogP contribution in [0.5, 0.6) is 0 Å². The maximum absolute atomic E-state index is 13.8. The SMILES string of the molecule is CC(=O)N1C[C@H]2CN(C(=O)c3ccc4nc[nH]c4c3)C[C@H]2[C@H]1c1cccc(F)c1. The van der Waals surface area contributed by atoms with E-state index in [0.717, 1.165) is 16.6 Å². The normalized spacial score (nSPS) is 23.6. The first-order chi connectivity index (χ1) is 14.0. The lowest BCUT2D eigenvalue weighted by Gasteiger charge is -2.29. The number of imidazole rings is 1. The third-order valence-electron chi connectivity index (χ3n) is 6.21. The van der Waals surface area contributed by atoms with Gasteiger partial charge in [0.25, 0.3) is 5.91 Å². The van der Waals surface area contributed by atoms with E-state index in [-0.39, 0.29) is 35.5 Å². The highest BCUT2D eigenvalue weighted by atomic mass is 19.1. The third-order valence-corrected chi connectivity index (χ3v) is 6.21. The Kier molecular flexibility index (Phi) is 4.12. The number of hydrogen-bond donors (Lipinski definition) is 1. The molecule has 0 bridgehead atoms. The van der Waals surface area contributed by atoms with E-state index in [9.17, 15) is 14.0 Å². The van der Waals surface area contributed by atoms with E-state index < -0.39 is 0 Å². The smallest absolute Gasteiger partial charge is 0.253 e. The number of halogens is 1. The fourth-order valence-electron chi connectivity index (χ4n) is 4.90. The predicted molar refractivity (Wildman–Crippen MR) is 106 cm³/mol. The molecule has 3 atom stereocenters. The summed E-state index contributed by atoms with van der Waals surface area (Å²) < 4.78 is 13.8. The zero-order valence-corrected chi connectivity index (χ0v) is 16.0. The van der Waals surface area contributed by atoms with Crippen LogP contribution in [0.25, 0.3) is 11.0 Å². The maximum Gasteiger partial charge on any atom is 0.253 e. The van der Waals surface area contributed by atoms with Gasteiger partial charge in [-0.15, -0.1) is 0 Å². The van der Waals surface area contributed by atoms with Crippen LogP contribution in [0, 0.1) is 17.7 Å². The minimum Gasteiger partial charge on any atom is -0.345 e. The van der Waals surface area contributed by atoms with Gasteiger partial charge >= 0.3 is 0 Å². The van der Waals surface area contributed by atoms with Crippen molar-refractivity contribution in [2.45, 2.75) is 13.0 Å². The Bertz CT molecular complexity index is 1110. The summed E-state index contributed by atoms with van der Waals surface area (Å²) in [4.78, 5) is 36.2. The molecule has 3 aromatic rings. The van der Waals surface area contributed by atoms with E-state index in [1.807, 2.05) is 28.0 Å². The summed E-state index contributed by atoms with van der Waals surface area (Å²) >= 11 is 0. The number of benzene rings is 2. The summed E-state index contributed by atoms with van der Waals surface area (Å²) in [6.45, 7) is 3.29. The molecule has 2 amide bonds. The van der Waals surface area contributed by atoms with Gasteiger partial charge in [-0.25, -0.2) is 9.37 Å². The largest absolute Gasteiger partial charge is 0.345 e. The van der Waals surface area contributed by atoms with Crippen molar-refractivity contribution in [1.82, 2.24) is 19.8 Å². The molecule has 148 valence electrons. The first-order valence-corrected chi connectivity index (χ1v) is 9.76. The van der Waals surface area contributed by atoms with Gasteiger partial charge in [-0.05, 0) is 35.9 Å². The number of carbonyl (C=O) groups is 2. The highest BCUT2D eigenvalue weighted by Gasteiger charge is 2.49. The third kappa shape index (κ3) is 2.97. The van der Waals surface area contributed by atoms with E-state index in [2.05, 4.69) is 9.97 Å². The fraction of sp³-hybridized carbons (Fsp3) is 0.318. The van der Waals surface area contributed by atoms with E-state index in [1.165, 1.54) is 12.1 Å². The number of nitrogens with zero attached hydrogens (tertiary/aromatic N) is 3. The first-order valence-electron chi connectivity index (χ1n) is 9.76. The molecular weight excluding hydrogens is 371 g/mol. The molecule has 0 saturated carbocycles. The Labute approximate surface area is 167 Å². The summed E-state index contributed by atoms with van der Waals surface area (Å²) in [7, 11) is 0. The molecular formula is C22H21FN4O2. The molecule has 3 heterocycles. The van der Waals surface area contributed by atoms with Gasteiger partial charge in [0.05, 0.1) is 23.4 Å². The van der Waals surface area contributed by atoms with Crippen LogP contribution < -0.4 is 0 Å². The van der Waals surface area contributed by atoms with E-state index >= 15 is 0 Å². The second kappa shape index (κ2) is 6.69. The van der Waals surface area contributed by atoms with Gasteiger partial charge in [0.1, 0.15) is 5.82 Å².